The molecule has 1 aromatic carbocycles. The van der Waals surface area contributed by atoms with Crippen molar-refractivity contribution in [2.24, 2.45) is 0 Å². The summed E-state index contributed by atoms with van der Waals surface area (Å²) in [5.74, 6) is -0.891. The molecular formula is C11H14ClNO3. The average Bonchev–Trinajstić information content (AvgIpc) is 2.30. The quantitative estimate of drug-likeness (QED) is 0.826. The lowest BCUT2D eigenvalue weighted by atomic mass is 10.0. The van der Waals surface area contributed by atoms with E-state index in [4.69, 9.17) is 9.84 Å². The molecule has 0 unspecified atom stereocenters. The van der Waals surface area contributed by atoms with Crippen molar-refractivity contribution in [2.75, 3.05) is 19.8 Å². The Bertz CT molecular complexity index is 364. The van der Waals surface area contributed by atoms with Gasteiger partial charge >= 0.3 is 5.97 Å². The third kappa shape index (κ3) is 2.72. The summed E-state index contributed by atoms with van der Waals surface area (Å²) in [7, 11) is 0. The Morgan fingerprint density at radius 3 is 2.81 bits per heavy atom. The number of rotatable bonds is 2. The van der Waals surface area contributed by atoms with Gasteiger partial charge in [0.2, 0.25) is 0 Å². The highest BCUT2D eigenvalue weighted by molar-refractivity contribution is 5.89. The van der Waals surface area contributed by atoms with Crippen LogP contribution in [0.25, 0.3) is 0 Å². The summed E-state index contributed by atoms with van der Waals surface area (Å²) in [6, 6.07) is 7.02. The van der Waals surface area contributed by atoms with Crippen LogP contribution in [0.2, 0.25) is 0 Å². The Hall–Kier alpha value is -1.10. The highest BCUT2D eigenvalue weighted by Crippen LogP contribution is 2.20. The van der Waals surface area contributed by atoms with E-state index >= 15 is 0 Å². The van der Waals surface area contributed by atoms with Crippen LogP contribution in [0.15, 0.2) is 24.3 Å². The van der Waals surface area contributed by atoms with E-state index in [0.717, 1.165) is 12.1 Å². The summed E-state index contributed by atoms with van der Waals surface area (Å²) < 4.78 is 5.32. The predicted octanol–water partition coefficient (Wildman–Crippen LogP) is 1.47. The molecule has 0 aliphatic carbocycles. The first kappa shape index (κ1) is 13.0. The molecular weight excluding hydrogens is 230 g/mol. The maximum absolute atomic E-state index is 11.0. The van der Waals surface area contributed by atoms with Gasteiger partial charge in [-0.05, 0) is 11.6 Å². The van der Waals surface area contributed by atoms with Crippen LogP contribution in [0.4, 0.5) is 0 Å². The Morgan fingerprint density at radius 2 is 2.19 bits per heavy atom. The number of carboxylic acid groups (broad SMARTS) is 1. The molecule has 0 radical (unpaired) electrons. The zero-order valence-electron chi connectivity index (χ0n) is 8.68. The standard InChI is InChI=1S/C11H13NO3.ClH/c13-11(14)9-4-2-1-3-8(9)10-7-15-6-5-12-10;/h1-4,10,12H,5-7H2,(H,13,14);1H/t10-;/m0./s1. The first-order chi connectivity index (χ1) is 7.29. The minimum absolute atomic E-state index is 0. The molecule has 2 N–H and O–H groups in total. The Morgan fingerprint density at radius 1 is 1.44 bits per heavy atom. The number of carboxylic acids is 1. The molecule has 1 aliphatic rings. The molecule has 1 atom stereocenters. The second-order valence-electron chi connectivity index (χ2n) is 3.47. The third-order valence-corrected chi connectivity index (χ3v) is 2.49. The van der Waals surface area contributed by atoms with Gasteiger partial charge in [0.05, 0.1) is 24.8 Å². The zero-order chi connectivity index (χ0) is 10.7. The van der Waals surface area contributed by atoms with Crippen molar-refractivity contribution >= 4 is 18.4 Å². The van der Waals surface area contributed by atoms with Crippen LogP contribution in [0, 0.1) is 0 Å². The van der Waals surface area contributed by atoms with E-state index in [1.165, 1.54) is 0 Å². The lowest BCUT2D eigenvalue weighted by Crippen LogP contribution is -2.35. The van der Waals surface area contributed by atoms with E-state index in [2.05, 4.69) is 5.32 Å². The number of halogens is 1. The summed E-state index contributed by atoms with van der Waals surface area (Å²) in [6.45, 7) is 1.98. The zero-order valence-corrected chi connectivity index (χ0v) is 9.50. The van der Waals surface area contributed by atoms with Crippen molar-refractivity contribution in [1.29, 1.82) is 0 Å². The monoisotopic (exact) mass is 243 g/mol. The van der Waals surface area contributed by atoms with Crippen LogP contribution in [0.5, 0.6) is 0 Å². The van der Waals surface area contributed by atoms with Gasteiger partial charge in [0.1, 0.15) is 0 Å². The number of nitrogens with one attached hydrogen (secondary N) is 1. The summed E-state index contributed by atoms with van der Waals surface area (Å²) >= 11 is 0. The van der Waals surface area contributed by atoms with E-state index in [-0.39, 0.29) is 18.4 Å². The van der Waals surface area contributed by atoms with Gasteiger partial charge < -0.3 is 15.2 Å². The molecule has 88 valence electrons. The van der Waals surface area contributed by atoms with Crippen LogP contribution in [-0.2, 0) is 4.74 Å². The third-order valence-electron chi connectivity index (χ3n) is 2.49. The van der Waals surface area contributed by atoms with Crippen molar-refractivity contribution < 1.29 is 14.6 Å². The Balaban J connectivity index is 0.00000128. The van der Waals surface area contributed by atoms with E-state index in [1.54, 1.807) is 12.1 Å². The van der Waals surface area contributed by atoms with Gasteiger partial charge in [0.15, 0.2) is 0 Å². The van der Waals surface area contributed by atoms with Crippen molar-refractivity contribution in [2.45, 2.75) is 6.04 Å². The highest BCUT2D eigenvalue weighted by Gasteiger charge is 2.20. The Kier molecular flexibility index (Phi) is 4.73. The largest absolute Gasteiger partial charge is 0.478 e. The summed E-state index contributed by atoms with van der Waals surface area (Å²) in [5, 5.41) is 12.3. The minimum Gasteiger partial charge on any atom is -0.478 e. The van der Waals surface area contributed by atoms with Gasteiger partial charge in [-0.15, -0.1) is 12.4 Å². The molecule has 0 bridgehead atoms. The van der Waals surface area contributed by atoms with Crippen LogP contribution < -0.4 is 5.32 Å². The SMILES string of the molecule is Cl.O=C(O)c1ccccc1[C@@H]1COCCN1. The van der Waals surface area contributed by atoms with Gasteiger partial charge in [-0.25, -0.2) is 4.79 Å². The van der Waals surface area contributed by atoms with Gasteiger partial charge in [0.25, 0.3) is 0 Å². The maximum Gasteiger partial charge on any atom is 0.336 e. The summed E-state index contributed by atoms with van der Waals surface area (Å²) in [5.41, 5.74) is 1.14. The number of hydrogen-bond acceptors (Lipinski definition) is 3. The average molecular weight is 244 g/mol. The fourth-order valence-electron chi connectivity index (χ4n) is 1.76. The second kappa shape index (κ2) is 5.84. The molecule has 5 heteroatoms. The van der Waals surface area contributed by atoms with Gasteiger partial charge in [-0.2, -0.15) is 0 Å². The molecule has 0 saturated carbocycles. The number of benzene rings is 1. The van der Waals surface area contributed by atoms with Crippen molar-refractivity contribution in [3.8, 4) is 0 Å². The molecule has 0 aromatic heterocycles. The van der Waals surface area contributed by atoms with Crippen LogP contribution in [0.1, 0.15) is 22.0 Å². The van der Waals surface area contributed by atoms with Gasteiger partial charge in [0, 0.05) is 6.54 Å². The molecule has 2 rings (SSSR count). The minimum atomic E-state index is -0.891. The van der Waals surface area contributed by atoms with E-state index in [1.807, 2.05) is 12.1 Å². The first-order valence-corrected chi connectivity index (χ1v) is 4.92. The van der Waals surface area contributed by atoms with Gasteiger partial charge in [-0.1, -0.05) is 18.2 Å². The molecule has 0 amide bonds. The molecule has 0 spiro atoms. The molecule has 4 nitrogen and oxygen atoms in total. The predicted molar refractivity (Wildman–Crippen MR) is 62.2 cm³/mol. The lowest BCUT2D eigenvalue weighted by Gasteiger charge is -2.25. The van der Waals surface area contributed by atoms with Crippen LogP contribution >= 0.6 is 12.4 Å². The summed E-state index contributed by atoms with van der Waals surface area (Å²) in [6.07, 6.45) is 0. The molecule has 1 heterocycles. The number of aromatic carboxylic acids is 1. The van der Waals surface area contributed by atoms with Gasteiger partial charge in [-0.3, -0.25) is 0 Å². The highest BCUT2D eigenvalue weighted by atomic mass is 35.5. The maximum atomic E-state index is 11.0. The van der Waals surface area contributed by atoms with Crippen molar-refractivity contribution in [3.63, 3.8) is 0 Å². The molecule has 1 fully saturated rings. The van der Waals surface area contributed by atoms with Crippen LogP contribution in [-0.4, -0.2) is 30.8 Å². The Labute approximate surface area is 100 Å². The van der Waals surface area contributed by atoms with Crippen LogP contribution in [0.3, 0.4) is 0 Å². The number of carbonyl (C=O) groups is 1. The number of morpholine rings is 1. The van der Waals surface area contributed by atoms with E-state index in [9.17, 15) is 4.79 Å². The number of hydrogen-bond donors (Lipinski definition) is 2. The number of ether oxygens (including phenoxy) is 1. The molecule has 1 aromatic rings. The topological polar surface area (TPSA) is 58.6 Å². The second-order valence-corrected chi connectivity index (χ2v) is 3.47. The van der Waals surface area contributed by atoms with Crippen molar-refractivity contribution in [3.05, 3.63) is 35.4 Å². The van der Waals surface area contributed by atoms with Crippen molar-refractivity contribution in [1.82, 2.24) is 5.32 Å². The molecule has 16 heavy (non-hydrogen) atoms. The normalized spacial score (nSPS) is 19.9. The molecule has 1 aliphatic heterocycles. The smallest absolute Gasteiger partial charge is 0.336 e. The van der Waals surface area contributed by atoms with E-state index in [0.29, 0.717) is 18.8 Å². The fourth-order valence-corrected chi connectivity index (χ4v) is 1.76. The lowest BCUT2D eigenvalue weighted by molar-refractivity contribution is 0.0673. The van der Waals surface area contributed by atoms with E-state index < -0.39 is 5.97 Å². The summed E-state index contributed by atoms with van der Waals surface area (Å²) in [4.78, 5) is 11.0. The fraction of sp³-hybridized carbons (Fsp3) is 0.364. The first-order valence-electron chi connectivity index (χ1n) is 4.92. The molecule has 1 saturated heterocycles.